The molecule has 2 N–H and O–H groups in total. The van der Waals surface area contributed by atoms with Crippen molar-refractivity contribution in [3.05, 3.63) is 38.3 Å². The van der Waals surface area contributed by atoms with Gasteiger partial charge in [-0.15, -0.1) is 0 Å². The average Bonchev–Trinajstić information content (AvgIpc) is 2.28. The molecule has 92 valence electrons. The highest BCUT2D eigenvalue weighted by Gasteiger charge is 2.21. The van der Waals surface area contributed by atoms with Crippen LogP contribution in [-0.4, -0.2) is 28.6 Å². The molecule has 0 saturated carbocycles. The van der Waals surface area contributed by atoms with Crippen molar-refractivity contribution in [2.24, 2.45) is 0 Å². The van der Waals surface area contributed by atoms with Crippen LogP contribution in [0.15, 0.2) is 22.7 Å². The van der Waals surface area contributed by atoms with Crippen molar-refractivity contribution in [3.63, 3.8) is 0 Å². The number of nitro benzene ring substituents is 1. The van der Waals surface area contributed by atoms with Crippen LogP contribution in [0.1, 0.15) is 17.3 Å². The zero-order valence-electron chi connectivity index (χ0n) is 9.01. The summed E-state index contributed by atoms with van der Waals surface area (Å²) in [5.41, 5.74) is -0.305. The summed E-state index contributed by atoms with van der Waals surface area (Å²) in [6.45, 7) is 1.37. The normalized spacial score (nSPS) is 11.9. The molecular weight excluding hydrogens is 292 g/mol. The highest BCUT2D eigenvalue weighted by atomic mass is 79.9. The molecule has 1 aromatic rings. The second-order valence-electron chi connectivity index (χ2n) is 3.48. The van der Waals surface area contributed by atoms with Gasteiger partial charge in [-0.05, 0) is 19.1 Å². The minimum Gasteiger partial charge on any atom is -0.394 e. The predicted molar refractivity (Wildman–Crippen MR) is 64.8 cm³/mol. The highest BCUT2D eigenvalue weighted by Crippen LogP contribution is 2.23. The van der Waals surface area contributed by atoms with Gasteiger partial charge in [-0.2, -0.15) is 0 Å². The summed E-state index contributed by atoms with van der Waals surface area (Å²) in [5.74, 6) is -0.578. The number of nitro groups is 1. The van der Waals surface area contributed by atoms with Crippen LogP contribution in [0.3, 0.4) is 0 Å². The van der Waals surface area contributed by atoms with Crippen LogP contribution in [0.4, 0.5) is 5.69 Å². The number of hydrogen-bond donors (Lipinski definition) is 2. The monoisotopic (exact) mass is 302 g/mol. The van der Waals surface area contributed by atoms with Gasteiger partial charge >= 0.3 is 0 Å². The van der Waals surface area contributed by atoms with E-state index in [1.807, 2.05) is 0 Å². The Balaban J connectivity index is 3.04. The molecule has 0 fully saturated rings. The van der Waals surface area contributed by atoms with Crippen molar-refractivity contribution in [2.45, 2.75) is 13.0 Å². The van der Waals surface area contributed by atoms with Crippen molar-refractivity contribution >= 4 is 27.5 Å². The average molecular weight is 303 g/mol. The zero-order chi connectivity index (χ0) is 13.0. The van der Waals surface area contributed by atoms with Gasteiger partial charge in [-0.1, -0.05) is 15.9 Å². The van der Waals surface area contributed by atoms with Gasteiger partial charge in [0.2, 0.25) is 0 Å². The lowest BCUT2D eigenvalue weighted by Gasteiger charge is -2.10. The third-order valence-corrected chi connectivity index (χ3v) is 2.55. The van der Waals surface area contributed by atoms with Crippen LogP contribution in [0.5, 0.6) is 0 Å². The number of amides is 1. The van der Waals surface area contributed by atoms with E-state index in [2.05, 4.69) is 21.2 Å². The van der Waals surface area contributed by atoms with Crippen molar-refractivity contribution in [1.82, 2.24) is 5.32 Å². The molecule has 0 heterocycles. The van der Waals surface area contributed by atoms with Gasteiger partial charge in [0.25, 0.3) is 11.6 Å². The van der Waals surface area contributed by atoms with Crippen LogP contribution in [0, 0.1) is 10.1 Å². The molecule has 1 atom stereocenters. The Morgan fingerprint density at radius 2 is 2.29 bits per heavy atom. The first-order valence-electron chi connectivity index (χ1n) is 4.81. The highest BCUT2D eigenvalue weighted by molar-refractivity contribution is 9.10. The number of hydrogen-bond acceptors (Lipinski definition) is 4. The van der Waals surface area contributed by atoms with Gasteiger partial charge in [0.15, 0.2) is 0 Å². The van der Waals surface area contributed by atoms with Crippen molar-refractivity contribution in [1.29, 1.82) is 0 Å². The van der Waals surface area contributed by atoms with Crippen LogP contribution in [0.25, 0.3) is 0 Å². The van der Waals surface area contributed by atoms with E-state index in [4.69, 9.17) is 5.11 Å². The number of rotatable bonds is 4. The fourth-order valence-corrected chi connectivity index (χ4v) is 1.54. The lowest BCUT2D eigenvalue weighted by atomic mass is 10.1. The van der Waals surface area contributed by atoms with Gasteiger partial charge in [0.05, 0.1) is 11.5 Å². The van der Waals surface area contributed by atoms with E-state index >= 15 is 0 Å². The molecule has 0 aliphatic heterocycles. The summed E-state index contributed by atoms with van der Waals surface area (Å²) in [7, 11) is 0. The molecule has 0 saturated heterocycles. The van der Waals surface area contributed by atoms with Crippen LogP contribution in [-0.2, 0) is 0 Å². The molecule has 0 bridgehead atoms. The predicted octanol–water partition coefficient (Wildman–Crippen LogP) is 1.47. The van der Waals surface area contributed by atoms with Gasteiger partial charge < -0.3 is 10.4 Å². The van der Waals surface area contributed by atoms with Gasteiger partial charge in [0, 0.05) is 16.6 Å². The first-order chi connectivity index (χ1) is 7.95. The van der Waals surface area contributed by atoms with E-state index in [1.54, 1.807) is 13.0 Å². The van der Waals surface area contributed by atoms with E-state index in [1.165, 1.54) is 12.1 Å². The first kappa shape index (κ1) is 13.6. The maximum Gasteiger partial charge on any atom is 0.283 e. The SMILES string of the molecule is CC(CO)NC(=O)c1ccc(Br)cc1[N+](=O)[O-]. The van der Waals surface area contributed by atoms with E-state index < -0.39 is 16.9 Å². The minimum atomic E-state index is -0.622. The lowest BCUT2D eigenvalue weighted by molar-refractivity contribution is -0.385. The fourth-order valence-electron chi connectivity index (χ4n) is 1.20. The Bertz CT molecular complexity index is 450. The molecule has 1 aromatic carbocycles. The van der Waals surface area contributed by atoms with E-state index in [0.29, 0.717) is 4.47 Å². The molecule has 0 spiro atoms. The minimum absolute atomic E-state index is 0.0292. The summed E-state index contributed by atoms with van der Waals surface area (Å²) in [6.07, 6.45) is 0. The third-order valence-electron chi connectivity index (χ3n) is 2.05. The summed E-state index contributed by atoms with van der Waals surface area (Å²) in [5, 5.41) is 22.0. The van der Waals surface area contributed by atoms with Crippen molar-refractivity contribution < 1.29 is 14.8 Å². The van der Waals surface area contributed by atoms with E-state index in [-0.39, 0.29) is 17.9 Å². The molecule has 0 aliphatic rings. The summed E-state index contributed by atoms with van der Waals surface area (Å²) < 4.78 is 0.524. The number of aliphatic hydroxyl groups excluding tert-OH is 1. The molecule has 0 radical (unpaired) electrons. The topological polar surface area (TPSA) is 92.5 Å². The second-order valence-corrected chi connectivity index (χ2v) is 4.39. The Morgan fingerprint density at radius 3 is 2.82 bits per heavy atom. The zero-order valence-corrected chi connectivity index (χ0v) is 10.6. The lowest BCUT2D eigenvalue weighted by Crippen LogP contribution is -2.35. The fraction of sp³-hybridized carbons (Fsp3) is 0.300. The molecule has 17 heavy (non-hydrogen) atoms. The quantitative estimate of drug-likeness (QED) is 0.650. The summed E-state index contributed by atoms with van der Waals surface area (Å²) in [6, 6.07) is 3.72. The largest absolute Gasteiger partial charge is 0.394 e. The number of nitrogens with one attached hydrogen (secondary N) is 1. The summed E-state index contributed by atoms with van der Waals surface area (Å²) in [4.78, 5) is 21.9. The van der Waals surface area contributed by atoms with E-state index in [0.717, 1.165) is 0 Å². The summed E-state index contributed by atoms with van der Waals surface area (Å²) >= 11 is 3.10. The Kier molecular flexibility index (Phi) is 4.59. The maximum atomic E-state index is 11.7. The van der Waals surface area contributed by atoms with Gasteiger partial charge in [0.1, 0.15) is 5.56 Å². The van der Waals surface area contributed by atoms with Crippen LogP contribution < -0.4 is 5.32 Å². The number of nitrogens with zero attached hydrogens (tertiary/aromatic N) is 1. The van der Waals surface area contributed by atoms with Gasteiger partial charge in [-0.3, -0.25) is 14.9 Å². The number of halogens is 1. The molecule has 1 unspecified atom stereocenters. The maximum absolute atomic E-state index is 11.7. The number of benzene rings is 1. The number of carbonyl (C=O) groups is 1. The Hall–Kier alpha value is -1.47. The second kappa shape index (κ2) is 5.74. The number of aliphatic hydroxyl groups is 1. The molecular formula is C10H11BrN2O4. The first-order valence-corrected chi connectivity index (χ1v) is 5.60. The van der Waals surface area contributed by atoms with Crippen LogP contribution >= 0.6 is 15.9 Å². The Labute approximate surface area is 106 Å². The van der Waals surface area contributed by atoms with Gasteiger partial charge in [-0.25, -0.2) is 0 Å². The molecule has 0 aliphatic carbocycles. The van der Waals surface area contributed by atoms with Crippen molar-refractivity contribution in [3.8, 4) is 0 Å². The molecule has 1 amide bonds. The van der Waals surface area contributed by atoms with Crippen LogP contribution in [0.2, 0.25) is 0 Å². The van der Waals surface area contributed by atoms with Crippen molar-refractivity contribution in [2.75, 3.05) is 6.61 Å². The smallest absolute Gasteiger partial charge is 0.283 e. The Morgan fingerprint density at radius 1 is 1.65 bits per heavy atom. The third kappa shape index (κ3) is 3.50. The number of carbonyl (C=O) groups excluding carboxylic acids is 1. The molecule has 0 aromatic heterocycles. The molecule has 7 heteroatoms. The molecule has 1 rings (SSSR count). The van der Waals surface area contributed by atoms with E-state index in [9.17, 15) is 14.9 Å². The standard InChI is InChI=1S/C10H11BrN2O4/c1-6(5-14)12-10(15)8-3-2-7(11)4-9(8)13(16)17/h2-4,6,14H,5H2,1H3,(H,12,15). The molecule has 6 nitrogen and oxygen atoms in total.